The van der Waals surface area contributed by atoms with Gasteiger partial charge in [-0.1, -0.05) is 41.5 Å². The van der Waals surface area contributed by atoms with E-state index in [4.69, 9.17) is 0 Å². The lowest BCUT2D eigenvalue weighted by Crippen LogP contribution is -2.48. The molecule has 1 amide bonds. The Kier molecular flexibility index (Phi) is 5.17. The predicted molar refractivity (Wildman–Crippen MR) is 69.8 cm³/mol. The van der Waals surface area contributed by atoms with E-state index in [2.05, 4.69) is 5.32 Å². The minimum Gasteiger partial charge on any atom is -0.359 e. The van der Waals surface area contributed by atoms with Crippen molar-refractivity contribution in [3.8, 4) is 0 Å². The standard InChI is InChI=1S/C12H26FNOSi/c1-11(2,3)16(13,12(4,5)6)9-7-8-14-10-15/h10H,7-9H2,1-6H3,(H,14,15). The zero-order valence-corrected chi connectivity index (χ0v) is 12.5. The van der Waals surface area contributed by atoms with Gasteiger partial charge in [0.25, 0.3) is 8.41 Å². The van der Waals surface area contributed by atoms with E-state index in [0.29, 0.717) is 19.0 Å². The Hall–Kier alpha value is -0.383. The average molecular weight is 247 g/mol. The van der Waals surface area contributed by atoms with Gasteiger partial charge in [-0.2, -0.15) is 0 Å². The van der Waals surface area contributed by atoms with Gasteiger partial charge in [0.15, 0.2) is 0 Å². The maximum Gasteiger partial charge on any atom is 0.257 e. The molecule has 0 aromatic rings. The van der Waals surface area contributed by atoms with Crippen LogP contribution in [0.1, 0.15) is 48.0 Å². The highest BCUT2D eigenvalue weighted by molar-refractivity contribution is 6.78. The minimum absolute atomic E-state index is 0.258. The Morgan fingerprint density at radius 3 is 1.88 bits per heavy atom. The van der Waals surface area contributed by atoms with Gasteiger partial charge in [0.1, 0.15) is 0 Å². The third-order valence-corrected chi connectivity index (χ3v) is 9.10. The van der Waals surface area contributed by atoms with Crippen LogP contribution in [-0.2, 0) is 4.79 Å². The zero-order valence-electron chi connectivity index (χ0n) is 11.5. The molecule has 0 bridgehead atoms. The van der Waals surface area contributed by atoms with Crippen LogP contribution >= 0.6 is 0 Å². The first kappa shape index (κ1) is 15.6. The quantitative estimate of drug-likeness (QED) is 0.342. The van der Waals surface area contributed by atoms with Crippen LogP contribution in [0, 0.1) is 0 Å². The highest BCUT2D eigenvalue weighted by Crippen LogP contribution is 2.54. The van der Waals surface area contributed by atoms with E-state index in [1.54, 1.807) is 0 Å². The van der Waals surface area contributed by atoms with E-state index in [1.807, 2.05) is 41.5 Å². The Morgan fingerprint density at radius 2 is 1.56 bits per heavy atom. The van der Waals surface area contributed by atoms with Crippen molar-refractivity contribution in [1.82, 2.24) is 5.32 Å². The molecule has 0 unspecified atom stereocenters. The van der Waals surface area contributed by atoms with Crippen molar-refractivity contribution in [2.24, 2.45) is 0 Å². The summed E-state index contributed by atoms with van der Waals surface area (Å²) in [5.41, 5.74) is 0. The van der Waals surface area contributed by atoms with Gasteiger partial charge in [-0.05, 0) is 22.5 Å². The lowest BCUT2D eigenvalue weighted by atomic mass is 10.2. The van der Waals surface area contributed by atoms with Crippen molar-refractivity contribution in [1.29, 1.82) is 0 Å². The third-order valence-electron chi connectivity index (χ3n) is 3.30. The Bertz CT molecular complexity index is 216. The van der Waals surface area contributed by atoms with Crippen molar-refractivity contribution >= 4 is 14.8 Å². The van der Waals surface area contributed by atoms with Gasteiger partial charge >= 0.3 is 0 Å². The van der Waals surface area contributed by atoms with Crippen LogP contribution in [0.5, 0.6) is 0 Å². The summed E-state index contributed by atoms with van der Waals surface area (Å²) in [6.45, 7) is 12.6. The normalized spacial score (nSPS) is 13.7. The van der Waals surface area contributed by atoms with Crippen LogP contribution in [0.2, 0.25) is 16.1 Å². The number of hydrogen-bond donors (Lipinski definition) is 1. The summed E-state index contributed by atoms with van der Waals surface area (Å²) < 4.78 is 15.3. The Balaban J connectivity index is 4.64. The molecule has 0 fully saturated rings. The Morgan fingerprint density at radius 1 is 1.12 bits per heavy atom. The van der Waals surface area contributed by atoms with Crippen molar-refractivity contribution < 1.29 is 8.90 Å². The van der Waals surface area contributed by atoms with Crippen molar-refractivity contribution in [2.75, 3.05) is 6.54 Å². The van der Waals surface area contributed by atoms with Gasteiger partial charge < -0.3 is 9.42 Å². The molecule has 0 aromatic heterocycles. The minimum atomic E-state index is -2.86. The molecular weight excluding hydrogens is 221 g/mol. The maximum absolute atomic E-state index is 15.3. The number of hydrogen-bond acceptors (Lipinski definition) is 1. The fourth-order valence-electron chi connectivity index (χ4n) is 2.37. The Labute approximate surface area is 100 Å². The maximum atomic E-state index is 15.3. The third kappa shape index (κ3) is 3.58. The molecule has 2 nitrogen and oxygen atoms in total. The zero-order chi connectivity index (χ0) is 13.0. The summed E-state index contributed by atoms with van der Waals surface area (Å²) in [7, 11) is -2.86. The van der Waals surface area contributed by atoms with Gasteiger partial charge in [-0.25, -0.2) is 0 Å². The first-order valence-electron chi connectivity index (χ1n) is 5.92. The van der Waals surface area contributed by atoms with Crippen LogP contribution in [0.4, 0.5) is 4.11 Å². The summed E-state index contributed by atoms with van der Waals surface area (Å²) in [4.78, 5) is 10.1. The number of nitrogens with one attached hydrogen (secondary N) is 1. The highest BCUT2D eigenvalue weighted by atomic mass is 28.4. The van der Waals surface area contributed by atoms with Gasteiger partial charge in [0.2, 0.25) is 6.41 Å². The molecule has 0 aliphatic rings. The first-order chi connectivity index (χ1) is 7.06. The molecule has 16 heavy (non-hydrogen) atoms. The second-order valence-corrected chi connectivity index (χ2v) is 11.6. The monoisotopic (exact) mass is 247 g/mol. The van der Waals surface area contributed by atoms with E-state index in [0.717, 1.165) is 6.42 Å². The second kappa shape index (κ2) is 5.30. The van der Waals surface area contributed by atoms with E-state index in [-0.39, 0.29) is 10.1 Å². The van der Waals surface area contributed by atoms with E-state index < -0.39 is 8.41 Å². The summed E-state index contributed by atoms with van der Waals surface area (Å²) in [6.07, 6.45) is 1.41. The molecule has 0 atom stereocenters. The van der Waals surface area contributed by atoms with E-state index >= 15 is 4.11 Å². The molecule has 0 aliphatic heterocycles. The van der Waals surface area contributed by atoms with Gasteiger partial charge in [0, 0.05) is 6.54 Å². The van der Waals surface area contributed by atoms with Crippen LogP contribution in [0.25, 0.3) is 0 Å². The first-order valence-corrected chi connectivity index (χ1v) is 8.01. The van der Waals surface area contributed by atoms with E-state index in [1.165, 1.54) is 0 Å². The van der Waals surface area contributed by atoms with Crippen LogP contribution < -0.4 is 5.32 Å². The summed E-state index contributed by atoms with van der Waals surface area (Å²) >= 11 is 0. The molecule has 0 rings (SSSR count). The molecule has 0 heterocycles. The molecule has 0 aliphatic carbocycles. The molecule has 1 N–H and O–H groups in total. The van der Waals surface area contributed by atoms with Gasteiger partial charge in [-0.3, -0.25) is 4.79 Å². The summed E-state index contributed by atoms with van der Waals surface area (Å²) in [5, 5.41) is 2.08. The molecule has 0 saturated heterocycles. The second-order valence-electron chi connectivity index (χ2n) is 6.48. The van der Waals surface area contributed by atoms with Crippen LogP contribution in [-0.4, -0.2) is 21.4 Å². The topological polar surface area (TPSA) is 29.1 Å². The fourth-order valence-corrected chi connectivity index (χ4v) is 6.78. The largest absolute Gasteiger partial charge is 0.359 e. The smallest absolute Gasteiger partial charge is 0.257 e. The summed E-state index contributed by atoms with van der Waals surface area (Å²) in [5.74, 6) is 0. The molecule has 0 radical (unpaired) electrons. The number of rotatable bonds is 5. The SMILES string of the molecule is CC(C)(C)[Si](F)(CCCNC=O)C(C)(C)C. The lowest BCUT2D eigenvalue weighted by Gasteiger charge is -2.44. The number of carbonyl (C=O) groups is 1. The predicted octanol–water partition coefficient (Wildman–Crippen LogP) is 3.64. The molecular formula is C12H26FNOSi. The average Bonchev–Trinajstić information content (AvgIpc) is 2.08. The fraction of sp³-hybridized carbons (Fsp3) is 0.917. The van der Waals surface area contributed by atoms with E-state index in [9.17, 15) is 4.79 Å². The van der Waals surface area contributed by atoms with Crippen molar-refractivity contribution in [2.45, 2.75) is 64.1 Å². The molecule has 0 saturated carbocycles. The molecule has 0 aromatic carbocycles. The number of amides is 1. The number of carbonyl (C=O) groups excluding carboxylic acids is 1. The van der Waals surface area contributed by atoms with Crippen molar-refractivity contribution in [3.05, 3.63) is 0 Å². The molecule has 4 heteroatoms. The summed E-state index contributed by atoms with van der Waals surface area (Å²) in [6, 6.07) is 0.612. The van der Waals surface area contributed by atoms with Crippen molar-refractivity contribution in [3.63, 3.8) is 0 Å². The molecule has 96 valence electrons. The van der Waals surface area contributed by atoms with Crippen LogP contribution in [0.15, 0.2) is 0 Å². The number of halogens is 1. The molecule has 0 spiro atoms. The van der Waals surface area contributed by atoms with Gasteiger partial charge in [-0.15, -0.1) is 0 Å². The van der Waals surface area contributed by atoms with Crippen LogP contribution in [0.3, 0.4) is 0 Å². The lowest BCUT2D eigenvalue weighted by molar-refractivity contribution is -0.109. The van der Waals surface area contributed by atoms with Gasteiger partial charge in [0.05, 0.1) is 0 Å². The highest BCUT2D eigenvalue weighted by Gasteiger charge is 2.54.